The normalized spacial score (nSPS) is 15.8. The third kappa shape index (κ3) is 4.60. The fraction of sp³-hybridized carbons (Fsp3) is 0.375. The zero-order valence-corrected chi connectivity index (χ0v) is 17.8. The molecule has 2 aromatic carbocycles. The lowest BCUT2D eigenvalue weighted by molar-refractivity contribution is -0.139. The van der Waals surface area contributed by atoms with Crippen molar-refractivity contribution in [3.63, 3.8) is 0 Å². The molecule has 0 spiro atoms. The van der Waals surface area contributed by atoms with Gasteiger partial charge in [0.05, 0.1) is 10.9 Å². The van der Waals surface area contributed by atoms with E-state index >= 15 is 0 Å². The van der Waals surface area contributed by atoms with Gasteiger partial charge in [0.1, 0.15) is 17.4 Å². The Kier molecular flexibility index (Phi) is 6.02. The van der Waals surface area contributed by atoms with Crippen LogP contribution in [0, 0.1) is 18.7 Å². The quantitative estimate of drug-likeness (QED) is 0.630. The minimum absolute atomic E-state index is 0.0231. The predicted octanol–water partition coefficient (Wildman–Crippen LogP) is 3.55. The van der Waals surface area contributed by atoms with Crippen LogP contribution in [0.4, 0.5) is 4.39 Å². The number of aromatic nitrogens is 2. The standard InChI is InChI=1S/C24H26FN3O3/c1-16(31-20-6-4-3-5-7-20)23(29)27-12-10-18(11-13-27)15-28-17(2)26-22-14-19(25)8-9-21(22)24(28)30/h3-9,14,16,18H,10-13,15H2,1-2H3. The number of piperidine rings is 1. The van der Waals surface area contributed by atoms with Crippen molar-refractivity contribution in [1.29, 1.82) is 0 Å². The van der Waals surface area contributed by atoms with E-state index in [0.717, 1.165) is 12.8 Å². The number of ether oxygens (including phenoxy) is 1. The van der Waals surface area contributed by atoms with E-state index < -0.39 is 11.9 Å². The molecule has 1 saturated heterocycles. The van der Waals surface area contributed by atoms with Crippen LogP contribution in [0.2, 0.25) is 0 Å². The van der Waals surface area contributed by atoms with E-state index in [1.54, 1.807) is 18.4 Å². The van der Waals surface area contributed by atoms with Gasteiger partial charge in [-0.3, -0.25) is 14.2 Å². The highest BCUT2D eigenvalue weighted by atomic mass is 19.1. The Bertz CT molecular complexity index is 1140. The van der Waals surface area contributed by atoms with Crippen molar-refractivity contribution in [2.45, 2.75) is 39.3 Å². The van der Waals surface area contributed by atoms with Gasteiger partial charge in [0.2, 0.25) is 0 Å². The van der Waals surface area contributed by atoms with Gasteiger partial charge in [-0.05, 0) is 56.9 Å². The van der Waals surface area contributed by atoms with Gasteiger partial charge in [-0.2, -0.15) is 0 Å². The number of para-hydroxylation sites is 1. The maximum absolute atomic E-state index is 13.5. The molecule has 1 aliphatic heterocycles. The largest absolute Gasteiger partial charge is 0.481 e. The van der Waals surface area contributed by atoms with E-state index in [4.69, 9.17) is 4.74 Å². The van der Waals surface area contributed by atoms with Gasteiger partial charge in [0.15, 0.2) is 6.10 Å². The van der Waals surface area contributed by atoms with Gasteiger partial charge in [0.25, 0.3) is 11.5 Å². The molecule has 31 heavy (non-hydrogen) atoms. The van der Waals surface area contributed by atoms with E-state index in [2.05, 4.69) is 4.98 Å². The molecular formula is C24H26FN3O3. The average molecular weight is 423 g/mol. The molecule has 6 nitrogen and oxygen atoms in total. The summed E-state index contributed by atoms with van der Waals surface area (Å²) >= 11 is 0. The Hall–Kier alpha value is -3.22. The minimum Gasteiger partial charge on any atom is -0.481 e. The topological polar surface area (TPSA) is 64.4 Å². The molecule has 0 bridgehead atoms. The second kappa shape index (κ2) is 8.88. The Labute approximate surface area is 180 Å². The summed E-state index contributed by atoms with van der Waals surface area (Å²) in [4.78, 5) is 31.9. The van der Waals surface area contributed by atoms with Gasteiger partial charge in [0, 0.05) is 25.7 Å². The highest BCUT2D eigenvalue weighted by Gasteiger charge is 2.27. The predicted molar refractivity (Wildman–Crippen MR) is 117 cm³/mol. The molecular weight excluding hydrogens is 397 g/mol. The van der Waals surface area contributed by atoms with Crippen LogP contribution in [0.15, 0.2) is 53.3 Å². The highest BCUT2D eigenvalue weighted by Crippen LogP contribution is 2.21. The number of rotatable bonds is 5. The molecule has 162 valence electrons. The number of hydrogen-bond donors (Lipinski definition) is 0. The second-order valence-corrected chi connectivity index (χ2v) is 8.08. The Morgan fingerprint density at radius 2 is 1.90 bits per heavy atom. The molecule has 1 aliphatic rings. The number of aryl methyl sites for hydroxylation is 1. The summed E-state index contributed by atoms with van der Waals surface area (Å²) in [5, 5.41) is 0.423. The van der Waals surface area contributed by atoms with Crippen molar-refractivity contribution in [3.8, 4) is 5.75 Å². The van der Waals surface area contributed by atoms with Crippen molar-refractivity contribution in [1.82, 2.24) is 14.5 Å². The molecule has 1 aromatic heterocycles. The SMILES string of the molecule is Cc1nc2cc(F)ccc2c(=O)n1CC1CCN(C(=O)C(C)Oc2ccccc2)CC1. The lowest BCUT2D eigenvalue weighted by Crippen LogP contribution is -2.45. The number of carbonyl (C=O) groups excluding carboxylic acids is 1. The fourth-order valence-electron chi connectivity index (χ4n) is 4.13. The number of likely N-dealkylation sites (tertiary alicyclic amines) is 1. The minimum atomic E-state index is -0.547. The molecule has 1 amide bonds. The molecule has 2 heterocycles. The van der Waals surface area contributed by atoms with Crippen LogP contribution in [0.1, 0.15) is 25.6 Å². The molecule has 0 N–H and O–H groups in total. The molecule has 1 fully saturated rings. The zero-order chi connectivity index (χ0) is 22.0. The van der Waals surface area contributed by atoms with Gasteiger partial charge in [-0.1, -0.05) is 18.2 Å². The third-order valence-corrected chi connectivity index (χ3v) is 5.88. The molecule has 4 rings (SSSR count). The lowest BCUT2D eigenvalue weighted by atomic mass is 9.96. The fourth-order valence-corrected chi connectivity index (χ4v) is 4.13. The van der Waals surface area contributed by atoms with Gasteiger partial charge in [-0.15, -0.1) is 0 Å². The zero-order valence-electron chi connectivity index (χ0n) is 17.8. The maximum Gasteiger partial charge on any atom is 0.263 e. The van der Waals surface area contributed by atoms with Crippen LogP contribution >= 0.6 is 0 Å². The van der Waals surface area contributed by atoms with Crippen LogP contribution in [0.5, 0.6) is 5.75 Å². The Morgan fingerprint density at radius 3 is 2.61 bits per heavy atom. The van der Waals surface area contributed by atoms with Crippen LogP contribution in [0.25, 0.3) is 10.9 Å². The lowest BCUT2D eigenvalue weighted by Gasteiger charge is -2.34. The summed E-state index contributed by atoms with van der Waals surface area (Å²) in [6.07, 6.45) is 1.06. The van der Waals surface area contributed by atoms with Crippen LogP contribution in [-0.2, 0) is 11.3 Å². The number of benzene rings is 2. The van der Waals surface area contributed by atoms with Crippen molar-refractivity contribution in [2.24, 2.45) is 5.92 Å². The Balaban J connectivity index is 1.39. The maximum atomic E-state index is 13.5. The van der Waals surface area contributed by atoms with E-state index in [-0.39, 0.29) is 17.4 Å². The van der Waals surface area contributed by atoms with Crippen LogP contribution in [-0.4, -0.2) is 39.6 Å². The van der Waals surface area contributed by atoms with Gasteiger partial charge >= 0.3 is 0 Å². The monoisotopic (exact) mass is 423 g/mol. The van der Waals surface area contributed by atoms with Crippen molar-refractivity contribution >= 4 is 16.8 Å². The first-order chi connectivity index (χ1) is 14.9. The molecule has 0 aliphatic carbocycles. The first-order valence-corrected chi connectivity index (χ1v) is 10.6. The Morgan fingerprint density at radius 1 is 1.19 bits per heavy atom. The average Bonchev–Trinajstić information content (AvgIpc) is 2.77. The summed E-state index contributed by atoms with van der Waals surface area (Å²) in [6.45, 7) is 5.35. The van der Waals surface area contributed by atoms with Crippen molar-refractivity contribution in [3.05, 3.63) is 70.5 Å². The summed E-state index contributed by atoms with van der Waals surface area (Å²) < 4.78 is 20.9. The number of fused-ring (bicyclic) bond motifs is 1. The van der Waals surface area contributed by atoms with Crippen molar-refractivity contribution < 1.29 is 13.9 Å². The summed E-state index contributed by atoms with van der Waals surface area (Å²) in [7, 11) is 0. The van der Waals surface area contributed by atoms with E-state index in [1.165, 1.54) is 18.2 Å². The number of hydrogen-bond acceptors (Lipinski definition) is 4. The van der Waals surface area contributed by atoms with E-state index in [9.17, 15) is 14.0 Å². The first-order valence-electron chi connectivity index (χ1n) is 10.6. The molecule has 1 unspecified atom stereocenters. The summed E-state index contributed by atoms with van der Waals surface area (Å²) in [6, 6.07) is 13.4. The highest BCUT2D eigenvalue weighted by molar-refractivity contribution is 5.81. The molecule has 1 atom stereocenters. The number of nitrogens with zero attached hydrogens (tertiary/aromatic N) is 3. The summed E-state index contributed by atoms with van der Waals surface area (Å²) in [5.74, 6) is 1.10. The molecule has 3 aromatic rings. The smallest absolute Gasteiger partial charge is 0.263 e. The van der Waals surface area contributed by atoms with E-state index in [1.807, 2.05) is 35.2 Å². The van der Waals surface area contributed by atoms with Crippen molar-refractivity contribution in [2.75, 3.05) is 13.1 Å². The number of carbonyl (C=O) groups is 1. The third-order valence-electron chi connectivity index (χ3n) is 5.88. The number of halogens is 1. The van der Waals surface area contributed by atoms with Crippen LogP contribution in [0.3, 0.4) is 0 Å². The molecule has 0 radical (unpaired) electrons. The molecule has 7 heteroatoms. The van der Waals surface area contributed by atoms with E-state index in [0.29, 0.717) is 42.1 Å². The molecule has 0 saturated carbocycles. The second-order valence-electron chi connectivity index (χ2n) is 8.08. The van der Waals surface area contributed by atoms with Gasteiger partial charge < -0.3 is 9.64 Å². The number of amides is 1. The first kappa shape index (κ1) is 21.0. The van der Waals surface area contributed by atoms with Crippen LogP contribution < -0.4 is 10.3 Å². The van der Waals surface area contributed by atoms with Gasteiger partial charge in [-0.25, -0.2) is 9.37 Å². The summed E-state index contributed by atoms with van der Waals surface area (Å²) in [5.41, 5.74) is 0.234.